The van der Waals surface area contributed by atoms with Gasteiger partial charge in [0.2, 0.25) is 0 Å². The van der Waals surface area contributed by atoms with E-state index in [1.807, 2.05) is 0 Å². The third-order valence-corrected chi connectivity index (χ3v) is 3.19. The van der Waals surface area contributed by atoms with E-state index in [4.69, 9.17) is 4.74 Å². The number of alkyl halides is 3. The van der Waals surface area contributed by atoms with Crippen LogP contribution in [0.2, 0.25) is 0 Å². The van der Waals surface area contributed by atoms with Gasteiger partial charge in [-0.15, -0.1) is 0 Å². The molecule has 2 heterocycles. The lowest BCUT2D eigenvalue weighted by atomic mass is 10.1. The van der Waals surface area contributed by atoms with E-state index in [-0.39, 0.29) is 6.54 Å². The monoisotopic (exact) mass is 303 g/mol. The van der Waals surface area contributed by atoms with E-state index in [2.05, 4.69) is 15.2 Å². The Morgan fingerprint density at radius 1 is 1.38 bits per heavy atom. The summed E-state index contributed by atoms with van der Waals surface area (Å²) in [6.07, 6.45) is -2.61. The summed E-state index contributed by atoms with van der Waals surface area (Å²) in [5, 5.41) is 2.50. The number of morpholine rings is 1. The molecule has 8 heteroatoms. The van der Waals surface area contributed by atoms with E-state index in [0.717, 1.165) is 31.5 Å². The molecule has 5 nitrogen and oxygen atoms in total. The number of carbonyl (C=O) groups excluding carboxylic acids is 1. The Morgan fingerprint density at radius 3 is 2.76 bits per heavy atom. The van der Waals surface area contributed by atoms with Crippen molar-refractivity contribution in [3.05, 3.63) is 29.6 Å². The number of ether oxygens (including phenoxy) is 1. The highest BCUT2D eigenvalue weighted by atomic mass is 19.4. The number of hydrogen-bond acceptors (Lipinski definition) is 4. The van der Waals surface area contributed by atoms with Gasteiger partial charge in [-0.25, -0.2) is 0 Å². The summed E-state index contributed by atoms with van der Waals surface area (Å²) in [7, 11) is 0. The third-order valence-electron chi connectivity index (χ3n) is 3.19. The van der Waals surface area contributed by atoms with Crippen LogP contribution in [0, 0.1) is 0 Å². The Kier molecular flexibility index (Phi) is 5.13. The fourth-order valence-electron chi connectivity index (χ4n) is 2.07. The van der Waals surface area contributed by atoms with Crippen molar-refractivity contribution in [1.82, 2.24) is 15.2 Å². The molecule has 1 aromatic heterocycles. The van der Waals surface area contributed by atoms with Gasteiger partial charge >= 0.3 is 6.18 Å². The zero-order valence-electron chi connectivity index (χ0n) is 11.3. The molecule has 1 N–H and O–H groups in total. The van der Waals surface area contributed by atoms with Gasteiger partial charge in [-0.3, -0.25) is 14.7 Å². The van der Waals surface area contributed by atoms with Gasteiger partial charge in [-0.2, -0.15) is 13.2 Å². The second-order valence-corrected chi connectivity index (χ2v) is 4.63. The molecular weight excluding hydrogens is 287 g/mol. The Bertz CT molecular complexity index is 488. The third kappa shape index (κ3) is 4.40. The van der Waals surface area contributed by atoms with Crippen LogP contribution in [0.4, 0.5) is 13.2 Å². The first-order chi connectivity index (χ1) is 9.98. The Morgan fingerprint density at radius 2 is 2.10 bits per heavy atom. The molecule has 0 atom stereocenters. The molecule has 1 saturated heterocycles. The van der Waals surface area contributed by atoms with Crippen LogP contribution >= 0.6 is 0 Å². The second kappa shape index (κ2) is 6.86. The van der Waals surface area contributed by atoms with Crippen LogP contribution in [0.25, 0.3) is 0 Å². The van der Waals surface area contributed by atoms with E-state index in [0.29, 0.717) is 19.8 Å². The summed E-state index contributed by atoms with van der Waals surface area (Å²) in [6.45, 7) is 3.65. The maximum absolute atomic E-state index is 12.8. The normalized spacial score (nSPS) is 16.7. The smallest absolute Gasteiger partial charge is 0.379 e. The number of nitrogens with zero attached hydrogens (tertiary/aromatic N) is 2. The molecule has 1 aliphatic heterocycles. The van der Waals surface area contributed by atoms with E-state index < -0.39 is 23.2 Å². The predicted octanol–water partition coefficient (Wildman–Crippen LogP) is 1.16. The number of pyridine rings is 1. The minimum absolute atomic E-state index is 0.283. The number of hydrogen-bond donors (Lipinski definition) is 1. The van der Waals surface area contributed by atoms with Crippen LogP contribution in [0.3, 0.4) is 0 Å². The summed E-state index contributed by atoms with van der Waals surface area (Å²) in [4.78, 5) is 17.5. The fraction of sp³-hybridized carbons (Fsp3) is 0.538. The Labute approximate surface area is 120 Å². The summed E-state index contributed by atoms with van der Waals surface area (Å²) < 4.78 is 43.6. The molecule has 0 unspecified atom stereocenters. The van der Waals surface area contributed by atoms with Crippen molar-refractivity contribution in [2.24, 2.45) is 0 Å². The quantitative estimate of drug-likeness (QED) is 0.907. The zero-order chi connectivity index (χ0) is 15.3. The molecule has 1 aliphatic rings. The van der Waals surface area contributed by atoms with Crippen molar-refractivity contribution >= 4 is 5.91 Å². The molecule has 1 amide bonds. The van der Waals surface area contributed by atoms with E-state index in [1.54, 1.807) is 0 Å². The van der Waals surface area contributed by atoms with Gasteiger partial charge < -0.3 is 10.1 Å². The molecule has 0 saturated carbocycles. The van der Waals surface area contributed by atoms with E-state index in [1.165, 1.54) is 0 Å². The molecule has 21 heavy (non-hydrogen) atoms. The molecule has 0 aromatic carbocycles. The van der Waals surface area contributed by atoms with Crippen molar-refractivity contribution in [3.63, 3.8) is 0 Å². The van der Waals surface area contributed by atoms with Crippen LogP contribution in [-0.4, -0.2) is 55.2 Å². The molecule has 0 spiro atoms. The van der Waals surface area contributed by atoms with Gasteiger partial charge in [0.25, 0.3) is 5.91 Å². The largest absolute Gasteiger partial charge is 0.417 e. The molecule has 1 aromatic rings. The first kappa shape index (κ1) is 15.7. The van der Waals surface area contributed by atoms with Gasteiger partial charge in [-0.05, 0) is 6.07 Å². The maximum Gasteiger partial charge on any atom is 0.417 e. The number of carbonyl (C=O) groups is 1. The van der Waals surface area contributed by atoms with Crippen molar-refractivity contribution in [1.29, 1.82) is 0 Å². The zero-order valence-corrected chi connectivity index (χ0v) is 11.3. The highest BCUT2D eigenvalue weighted by Gasteiger charge is 2.35. The van der Waals surface area contributed by atoms with Crippen LogP contribution in [0.15, 0.2) is 18.5 Å². The average Bonchev–Trinajstić information content (AvgIpc) is 2.47. The van der Waals surface area contributed by atoms with Gasteiger partial charge in [0.15, 0.2) is 0 Å². The van der Waals surface area contributed by atoms with Gasteiger partial charge in [0, 0.05) is 38.6 Å². The first-order valence-electron chi connectivity index (χ1n) is 6.58. The van der Waals surface area contributed by atoms with Crippen LogP contribution in [-0.2, 0) is 10.9 Å². The molecule has 116 valence electrons. The SMILES string of the molecule is O=C(NCCN1CCOCC1)c1cnccc1C(F)(F)F. The summed E-state index contributed by atoms with van der Waals surface area (Å²) >= 11 is 0. The van der Waals surface area contributed by atoms with Gasteiger partial charge in [-0.1, -0.05) is 0 Å². The average molecular weight is 303 g/mol. The van der Waals surface area contributed by atoms with Crippen LogP contribution in [0.1, 0.15) is 15.9 Å². The molecule has 0 bridgehead atoms. The number of amides is 1. The van der Waals surface area contributed by atoms with Crippen molar-refractivity contribution < 1.29 is 22.7 Å². The molecule has 0 aliphatic carbocycles. The van der Waals surface area contributed by atoms with Crippen molar-refractivity contribution in [2.45, 2.75) is 6.18 Å². The van der Waals surface area contributed by atoms with Crippen LogP contribution < -0.4 is 5.32 Å². The molecule has 1 fully saturated rings. The maximum atomic E-state index is 12.8. The predicted molar refractivity (Wildman–Crippen MR) is 68.8 cm³/mol. The lowest BCUT2D eigenvalue weighted by molar-refractivity contribution is -0.138. The fourth-order valence-corrected chi connectivity index (χ4v) is 2.07. The lowest BCUT2D eigenvalue weighted by Gasteiger charge is -2.26. The lowest BCUT2D eigenvalue weighted by Crippen LogP contribution is -2.41. The highest BCUT2D eigenvalue weighted by molar-refractivity contribution is 5.95. The topological polar surface area (TPSA) is 54.5 Å². The molecular formula is C13H16F3N3O2. The Balaban J connectivity index is 1.91. The second-order valence-electron chi connectivity index (χ2n) is 4.63. The summed E-state index contributed by atoms with van der Waals surface area (Å²) in [5.74, 6) is -0.760. The summed E-state index contributed by atoms with van der Waals surface area (Å²) in [6, 6.07) is 0.802. The minimum atomic E-state index is -4.57. The number of nitrogens with one attached hydrogen (secondary N) is 1. The first-order valence-corrected chi connectivity index (χ1v) is 6.58. The Hall–Kier alpha value is -1.67. The van der Waals surface area contributed by atoms with Gasteiger partial charge in [0.05, 0.1) is 24.3 Å². The number of rotatable bonds is 4. The minimum Gasteiger partial charge on any atom is -0.379 e. The van der Waals surface area contributed by atoms with E-state index >= 15 is 0 Å². The van der Waals surface area contributed by atoms with Crippen molar-refractivity contribution in [3.8, 4) is 0 Å². The van der Waals surface area contributed by atoms with Crippen molar-refractivity contribution in [2.75, 3.05) is 39.4 Å². The molecule has 0 radical (unpaired) electrons. The summed E-state index contributed by atoms with van der Waals surface area (Å²) in [5.41, 5.74) is -1.42. The van der Waals surface area contributed by atoms with Gasteiger partial charge in [0.1, 0.15) is 0 Å². The molecule has 2 rings (SSSR count). The van der Waals surface area contributed by atoms with E-state index in [9.17, 15) is 18.0 Å². The number of halogens is 3. The highest BCUT2D eigenvalue weighted by Crippen LogP contribution is 2.31. The standard InChI is InChI=1S/C13H16F3N3O2/c14-13(15,16)11-1-2-17-9-10(11)12(20)18-3-4-19-5-7-21-8-6-19/h1-2,9H,3-8H2,(H,18,20). The van der Waals surface area contributed by atoms with Crippen LogP contribution in [0.5, 0.6) is 0 Å². The number of aromatic nitrogens is 1.